The summed E-state index contributed by atoms with van der Waals surface area (Å²) in [6.45, 7) is 4.22. The zero-order valence-corrected chi connectivity index (χ0v) is 22.1. The largest absolute Gasteiger partial charge is 0.456 e. The number of aromatic nitrogens is 1. The van der Waals surface area contributed by atoms with E-state index in [0.29, 0.717) is 0 Å². The second-order valence-corrected chi connectivity index (χ2v) is 10.8. The van der Waals surface area contributed by atoms with Crippen LogP contribution in [0.25, 0.3) is 55.1 Å². The van der Waals surface area contributed by atoms with E-state index < -0.39 is 0 Å². The molecule has 2 heteroatoms. The van der Waals surface area contributed by atoms with Crippen molar-refractivity contribution in [3.05, 3.63) is 125 Å². The van der Waals surface area contributed by atoms with Crippen molar-refractivity contribution in [2.75, 3.05) is 0 Å². The Morgan fingerprint density at radius 1 is 0.744 bits per heavy atom. The van der Waals surface area contributed by atoms with Crippen LogP contribution >= 0.6 is 0 Å². The lowest BCUT2D eigenvalue weighted by molar-refractivity contribution is 0.489. The van der Waals surface area contributed by atoms with Gasteiger partial charge in [-0.15, -0.1) is 0 Å². The van der Waals surface area contributed by atoms with Crippen molar-refractivity contribution >= 4 is 44.0 Å². The number of fused-ring (bicyclic) bond motifs is 2. The van der Waals surface area contributed by atoms with E-state index in [1.165, 1.54) is 55.1 Å². The van der Waals surface area contributed by atoms with Crippen molar-refractivity contribution in [1.29, 1.82) is 0 Å². The van der Waals surface area contributed by atoms with Gasteiger partial charge in [-0.2, -0.15) is 0 Å². The predicted octanol–water partition coefficient (Wildman–Crippen LogP) is 9.97. The Kier molecular flexibility index (Phi) is 4.81. The first-order valence-corrected chi connectivity index (χ1v) is 13.7. The number of ether oxygens (including phenoxy) is 1. The number of aryl methyl sites for hydroxylation is 2. The monoisotopic (exact) mass is 501 g/mol. The van der Waals surface area contributed by atoms with Crippen molar-refractivity contribution in [1.82, 2.24) is 4.98 Å². The molecule has 0 atom stereocenters. The van der Waals surface area contributed by atoms with Gasteiger partial charge in [-0.1, -0.05) is 84.5 Å². The molecule has 186 valence electrons. The topological polar surface area (TPSA) is 22.1 Å². The van der Waals surface area contributed by atoms with E-state index >= 15 is 0 Å². The molecule has 0 radical (unpaired) electrons. The van der Waals surface area contributed by atoms with E-state index in [2.05, 4.69) is 110 Å². The Balaban J connectivity index is 1.46. The first-order valence-electron chi connectivity index (χ1n) is 13.7. The molecule has 2 nitrogen and oxygen atoms in total. The number of hydrogen-bond donors (Lipinski definition) is 0. The molecule has 1 aromatic heterocycles. The lowest BCUT2D eigenvalue weighted by Crippen LogP contribution is -2.04. The van der Waals surface area contributed by atoms with E-state index in [1.807, 2.05) is 12.4 Å². The maximum Gasteiger partial charge on any atom is 0.143 e. The maximum atomic E-state index is 6.74. The number of nitrogens with zero attached hydrogens (tertiary/aromatic N) is 1. The third kappa shape index (κ3) is 3.31. The third-order valence-electron chi connectivity index (χ3n) is 8.41. The van der Waals surface area contributed by atoms with E-state index in [4.69, 9.17) is 4.74 Å². The van der Waals surface area contributed by atoms with Crippen molar-refractivity contribution in [2.24, 2.45) is 0 Å². The highest BCUT2D eigenvalue weighted by atomic mass is 16.5. The molecule has 0 unspecified atom stereocenters. The van der Waals surface area contributed by atoms with Crippen LogP contribution in [-0.2, 0) is 6.42 Å². The Labute approximate surface area is 227 Å². The summed E-state index contributed by atoms with van der Waals surface area (Å²) < 4.78 is 6.74. The predicted molar refractivity (Wildman–Crippen MR) is 164 cm³/mol. The average molecular weight is 502 g/mol. The fraction of sp³-hybridized carbons (Fsp3) is 0.108. The fourth-order valence-electron chi connectivity index (χ4n) is 6.65. The number of benzene rings is 5. The van der Waals surface area contributed by atoms with Gasteiger partial charge in [0.15, 0.2) is 0 Å². The quantitative estimate of drug-likeness (QED) is 0.225. The van der Waals surface area contributed by atoms with E-state index in [0.717, 1.165) is 46.1 Å². The van der Waals surface area contributed by atoms with Crippen LogP contribution in [0, 0.1) is 13.8 Å². The Hall–Kier alpha value is -4.69. The molecule has 0 aliphatic heterocycles. The Morgan fingerprint density at radius 3 is 2.51 bits per heavy atom. The summed E-state index contributed by atoms with van der Waals surface area (Å²) in [5.41, 5.74) is 10.4. The molecule has 0 saturated carbocycles. The average Bonchev–Trinajstić information content (AvgIpc) is 2.97. The van der Waals surface area contributed by atoms with Crippen molar-refractivity contribution in [3.63, 3.8) is 0 Å². The summed E-state index contributed by atoms with van der Waals surface area (Å²) >= 11 is 0. The highest BCUT2D eigenvalue weighted by Gasteiger charge is 2.24. The molecular formula is C37H27NO. The zero-order valence-electron chi connectivity index (χ0n) is 22.1. The van der Waals surface area contributed by atoms with Crippen LogP contribution in [0.15, 0.2) is 97.3 Å². The first-order chi connectivity index (χ1) is 19.2. The molecule has 0 N–H and O–H groups in total. The van der Waals surface area contributed by atoms with Gasteiger partial charge in [-0.3, -0.25) is 4.98 Å². The van der Waals surface area contributed by atoms with Gasteiger partial charge in [0.2, 0.25) is 0 Å². The zero-order chi connectivity index (χ0) is 26.1. The lowest BCUT2D eigenvalue weighted by atomic mass is 9.79. The van der Waals surface area contributed by atoms with Gasteiger partial charge in [0.05, 0.1) is 0 Å². The maximum absolute atomic E-state index is 6.74. The molecule has 0 bridgehead atoms. The number of rotatable bonds is 3. The molecule has 6 aromatic rings. The van der Waals surface area contributed by atoms with Gasteiger partial charge in [0.25, 0.3) is 0 Å². The van der Waals surface area contributed by atoms with Crippen molar-refractivity contribution in [3.8, 4) is 22.6 Å². The Bertz CT molecular complexity index is 2000. The van der Waals surface area contributed by atoms with Gasteiger partial charge in [-0.05, 0) is 93.9 Å². The molecular weight excluding hydrogens is 474 g/mol. The van der Waals surface area contributed by atoms with Gasteiger partial charge in [0, 0.05) is 28.6 Å². The Morgan fingerprint density at radius 2 is 1.62 bits per heavy atom. The summed E-state index contributed by atoms with van der Waals surface area (Å²) in [7, 11) is 0. The smallest absolute Gasteiger partial charge is 0.143 e. The molecule has 0 amide bonds. The molecule has 0 saturated heterocycles. The third-order valence-corrected chi connectivity index (χ3v) is 8.41. The van der Waals surface area contributed by atoms with Gasteiger partial charge in [0.1, 0.15) is 11.5 Å². The van der Waals surface area contributed by atoms with Crippen LogP contribution in [0.3, 0.4) is 0 Å². The SMILES string of the molecule is Cc1ccc(Oc2c3ccccc3c(-c3ccc4c5c6c(ccc35)C=CCC6=CC4)c3cnccc23)c(C)c1. The minimum absolute atomic E-state index is 0.882. The van der Waals surface area contributed by atoms with Crippen LogP contribution in [0.2, 0.25) is 0 Å². The first kappa shape index (κ1) is 22.3. The van der Waals surface area contributed by atoms with E-state index in [1.54, 1.807) is 0 Å². The van der Waals surface area contributed by atoms with Crippen LogP contribution in [0.4, 0.5) is 0 Å². The highest BCUT2D eigenvalue weighted by Crippen LogP contribution is 2.48. The molecule has 0 fully saturated rings. The standard InChI is InChI=1S/C37H27NO/c1-22-10-17-33(23(2)20-22)39-37-30-9-4-3-8-27(30)36(32-21-38-19-18-31(32)37)29-16-14-26-12-11-24-6-5-7-25-13-15-28(29)35(26)34(24)25/h3-5,7-11,13-21H,6,12H2,1-2H3. The van der Waals surface area contributed by atoms with Crippen LogP contribution in [0.5, 0.6) is 11.5 Å². The normalized spacial score (nSPS) is 13.7. The van der Waals surface area contributed by atoms with Gasteiger partial charge in [-0.25, -0.2) is 0 Å². The number of allylic oxidation sites excluding steroid dienone is 3. The summed E-state index contributed by atoms with van der Waals surface area (Å²) in [4.78, 5) is 4.60. The van der Waals surface area contributed by atoms with Crippen LogP contribution in [-0.4, -0.2) is 4.98 Å². The number of hydrogen-bond acceptors (Lipinski definition) is 2. The summed E-state index contributed by atoms with van der Waals surface area (Å²) in [5, 5.41) is 7.18. The fourth-order valence-corrected chi connectivity index (χ4v) is 6.65. The second kappa shape index (κ2) is 8.41. The molecule has 0 spiro atoms. The second-order valence-electron chi connectivity index (χ2n) is 10.8. The van der Waals surface area contributed by atoms with Gasteiger partial charge < -0.3 is 4.74 Å². The highest BCUT2D eigenvalue weighted by molar-refractivity contribution is 6.21. The minimum Gasteiger partial charge on any atom is -0.456 e. The molecule has 2 aliphatic carbocycles. The molecule has 8 rings (SSSR count). The van der Waals surface area contributed by atoms with Crippen LogP contribution < -0.4 is 4.74 Å². The minimum atomic E-state index is 0.882. The molecule has 39 heavy (non-hydrogen) atoms. The molecule has 1 heterocycles. The van der Waals surface area contributed by atoms with Crippen LogP contribution in [0.1, 0.15) is 34.2 Å². The summed E-state index contributed by atoms with van der Waals surface area (Å²) in [6, 6.07) is 26.4. The molecule has 5 aromatic carbocycles. The summed E-state index contributed by atoms with van der Waals surface area (Å²) in [5.74, 6) is 1.76. The molecule has 2 aliphatic rings. The number of pyridine rings is 1. The lowest BCUT2D eigenvalue weighted by Gasteiger charge is -2.25. The van der Waals surface area contributed by atoms with E-state index in [9.17, 15) is 0 Å². The van der Waals surface area contributed by atoms with Crippen molar-refractivity contribution in [2.45, 2.75) is 26.7 Å². The van der Waals surface area contributed by atoms with Crippen molar-refractivity contribution < 1.29 is 4.74 Å². The van der Waals surface area contributed by atoms with E-state index in [-0.39, 0.29) is 0 Å². The summed E-state index contributed by atoms with van der Waals surface area (Å²) in [6.07, 6.45) is 12.9. The van der Waals surface area contributed by atoms with Gasteiger partial charge >= 0.3 is 0 Å².